The number of amides is 1. The Hall–Kier alpha value is -2.50. The Morgan fingerprint density at radius 1 is 1.41 bits per heavy atom. The largest absolute Gasteiger partial charge is 0.497 e. The lowest BCUT2D eigenvalue weighted by atomic mass is 10.2. The molecular formula is C16H21N3O3. The molecule has 0 aliphatic rings. The zero-order valence-corrected chi connectivity index (χ0v) is 13.1. The van der Waals surface area contributed by atoms with Crippen molar-refractivity contribution in [3.63, 3.8) is 0 Å². The molecule has 1 N–H and O–H groups in total. The maximum atomic E-state index is 12.2. The number of ether oxygens (including phenoxy) is 2. The molecule has 0 fully saturated rings. The topological polar surface area (TPSA) is 65.4 Å². The van der Waals surface area contributed by atoms with E-state index < -0.39 is 6.10 Å². The Balaban J connectivity index is 1.95. The van der Waals surface area contributed by atoms with Gasteiger partial charge in [0.1, 0.15) is 17.3 Å². The smallest absolute Gasteiger partial charge is 0.261 e. The minimum atomic E-state index is -0.549. The standard InChI is InChI=1S/C16H21N3O3/c1-4-14(22-13-7-5-6-12(10-13)21-3)16(20)18-11-15-17-8-9-19(15)2/h5-10,14H,4,11H2,1-3H3,(H,18,20). The lowest BCUT2D eigenvalue weighted by Gasteiger charge is -2.17. The fourth-order valence-electron chi connectivity index (χ4n) is 2.01. The second-order valence-electron chi connectivity index (χ2n) is 4.87. The van der Waals surface area contributed by atoms with Gasteiger partial charge in [0.25, 0.3) is 5.91 Å². The van der Waals surface area contributed by atoms with Crippen molar-refractivity contribution < 1.29 is 14.3 Å². The maximum Gasteiger partial charge on any atom is 0.261 e. The first-order valence-corrected chi connectivity index (χ1v) is 7.18. The molecule has 1 amide bonds. The summed E-state index contributed by atoms with van der Waals surface area (Å²) in [7, 11) is 3.48. The van der Waals surface area contributed by atoms with Crippen molar-refractivity contribution in [1.29, 1.82) is 0 Å². The average molecular weight is 303 g/mol. The normalized spacial score (nSPS) is 11.8. The first kappa shape index (κ1) is 15.9. The van der Waals surface area contributed by atoms with Crippen LogP contribution in [0.1, 0.15) is 19.2 Å². The van der Waals surface area contributed by atoms with E-state index in [0.29, 0.717) is 24.5 Å². The van der Waals surface area contributed by atoms with Gasteiger partial charge in [-0.05, 0) is 18.6 Å². The molecule has 1 unspecified atom stereocenters. The van der Waals surface area contributed by atoms with E-state index in [4.69, 9.17) is 9.47 Å². The highest BCUT2D eigenvalue weighted by atomic mass is 16.5. The van der Waals surface area contributed by atoms with Crippen molar-refractivity contribution >= 4 is 5.91 Å². The molecule has 0 radical (unpaired) electrons. The van der Waals surface area contributed by atoms with Gasteiger partial charge in [0, 0.05) is 25.5 Å². The van der Waals surface area contributed by atoms with Gasteiger partial charge in [-0.2, -0.15) is 0 Å². The first-order valence-electron chi connectivity index (χ1n) is 7.18. The van der Waals surface area contributed by atoms with Crippen LogP contribution in [0, 0.1) is 0 Å². The second-order valence-corrected chi connectivity index (χ2v) is 4.87. The number of benzene rings is 1. The Kier molecular flexibility index (Phi) is 5.41. The van der Waals surface area contributed by atoms with E-state index in [2.05, 4.69) is 10.3 Å². The molecule has 118 valence electrons. The molecule has 0 aliphatic carbocycles. The predicted octanol–water partition coefficient (Wildman–Crippen LogP) is 1.90. The van der Waals surface area contributed by atoms with Crippen molar-refractivity contribution in [3.05, 3.63) is 42.5 Å². The Morgan fingerprint density at radius 2 is 2.18 bits per heavy atom. The van der Waals surface area contributed by atoms with Gasteiger partial charge in [-0.3, -0.25) is 4.79 Å². The van der Waals surface area contributed by atoms with Crippen molar-refractivity contribution in [2.24, 2.45) is 7.05 Å². The van der Waals surface area contributed by atoms with E-state index in [-0.39, 0.29) is 5.91 Å². The molecule has 6 heteroatoms. The minimum Gasteiger partial charge on any atom is -0.497 e. The second kappa shape index (κ2) is 7.49. The van der Waals surface area contributed by atoms with Crippen molar-refractivity contribution in [3.8, 4) is 11.5 Å². The van der Waals surface area contributed by atoms with Crippen LogP contribution in [0.4, 0.5) is 0 Å². The molecule has 1 heterocycles. The SMILES string of the molecule is CCC(Oc1cccc(OC)c1)C(=O)NCc1nccn1C. The minimum absolute atomic E-state index is 0.159. The van der Waals surface area contributed by atoms with Gasteiger partial charge in [-0.15, -0.1) is 0 Å². The van der Waals surface area contributed by atoms with Crippen LogP contribution in [0.5, 0.6) is 11.5 Å². The van der Waals surface area contributed by atoms with Gasteiger partial charge in [0.15, 0.2) is 6.10 Å². The molecule has 0 aliphatic heterocycles. The number of carbonyl (C=O) groups excluding carboxylic acids is 1. The number of hydrogen-bond acceptors (Lipinski definition) is 4. The Labute approximate surface area is 130 Å². The van der Waals surface area contributed by atoms with Crippen LogP contribution in [0.3, 0.4) is 0 Å². The summed E-state index contributed by atoms with van der Waals surface area (Å²) in [6.45, 7) is 2.28. The third-order valence-corrected chi connectivity index (χ3v) is 3.32. The fraction of sp³-hybridized carbons (Fsp3) is 0.375. The van der Waals surface area contributed by atoms with E-state index in [1.165, 1.54) is 0 Å². The summed E-state index contributed by atoms with van der Waals surface area (Å²) in [4.78, 5) is 16.4. The first-order chi connectivity index (χ1) is 10.6. The number of imidazole rings is 1. The Morgan fingerprint density at radius 3 is 2.82 bits per heavy atom. The van der Waals surface area contributed by atoms with E-state index in [0.717, 1.165) is 5.82 Å². The molecule has 0 saturated heterocycles. The van der Waals surface area contributed by atoms with Crippen LogP contribution >= 0.6 is 0 Å². The van der Waals surface area contributed by atoms with E-state index >= 15 is 0 Å². The molecule has 2 aromatic rings. The zero-order valence-electron chi connectivity index (χ0n) is 13.1. The average Bonchev–Trinajstić information content (AvgIpc) is 2.95. The molecule has 22 heavy (non-hydrogen) atoms. The molecule has 2 rings (SSSR count). The number of carbonyl (C=O) groups is 1. The monoisotopic (exact) mass is 303 g/mol. The summed E-state index contributed by atoms with van der Waals surface area (Å²) in [5.41, 5.74) is 0. The number of hydrogen-bond donors (Lipinski definition) is 1. The highest BCUT2D eigenvalue weighted by molar-refractivity contribution is 5.81. The number of aryl methyl sites for hydroxylation is 1. The van der Waals surface area contributed by atoms with Crippen LogP contribution in [-0.4, -0.2) is 28.7 Å². The summed E-state index contributed by atoms with van der Waals surface area (Å²) in [5, 5.41) is 2.85. The zero-order chi connectivity index (χ0) is 15.9. The molecule has 1 aromatic heterocycles. The molecule has 0 saturated carbocycles. The van der Waals surface area contributed by atoms with Crippen LogP contribution in [0.2, 0.25) is 0 Å². The van der Waals surface area contributed by atoms with Crippen LogP contribution in [-0.2, 0) is 18.4 Å². The van der Waals surface area contributed by atoms with Gasteiger partial charge >= 0.3 is 0 Å². The molecule has 0 bridgehead atoms. The summed E-state index contributed by atoms with van der Waals surface area (Å²) < 4.78 is 12.8. The van der Waals surface area contributed by atoms with Crippen molar-refractivity contribution in [2.45, 2.75) is 26.0 Å². The summed E-state index contributed by atoms with van der Waals surface area (Å²) >= 11 is 0. The number of aromatic nitrogens is 2. The van der Waals surface area contributed by atoms with Gasteiger partial charge in [-0.1, -0.05) is 13.0 Å². The highest BCUT2D eigenvalue weighted by Gasteiger charge is 2.18. The van der Waals surface area contributed by atoms with E-state index in [1.807, 2.05) is 36.9 Å². The molecule has 0 spiro atoms. The molecule has 1 atom stereocenters. The fourth-order valence-corrected chi connectivity index (χ4v) is 2.01. The predicted molar refractivity (Wildman–Crippen MR) is 82.8 cm³/mol. The summed E-state index contributed by atoms with van der Waals surface area (Å²) in [5.74, 6) is 1.94. The lowest BCUT2D eigenvalue weighted by Crippen LogP contribution is -2.38. The van der Waals surface area contributed by atoms with Gasteiger partial charge < -0.3 is 19.4 Å². The molecular weight excluding hydrogens is 282 g/mol. The highest BCUT2D eigenvalue weighted by Crippen LogP contribution is 2.20. The van der Waals surface area contributed by atoms with Crippen molar-refractivity contribution in [1.82, 2.24) is 14.9 Å². The molecule has 1 aromatic carbocycles. The maximum absolute atomic E-state index is 12.2. The quantitative estimate of drug-likeness (QED) is 0.848. The van der Waals surface area contributed by atoms with Gasteiger partial charge in [0.05, 0.1) is 13.7 Å². The summed E-state index contributed by atoms with van der Waals surface area (Å²) in [6.07, 6.45) is 3.56. The van der Waals surface area contributed by atoms with Gasteiger partial charge in [-0.25, -0.2) is 4.98 Å². The lowest BCUT2D eigenvalue weighted by molar-refractivity contribution is -0.128. The third-order valence-electron chi connectivity index (χ3n) is 3.32. The van der Waals surface area contributed by atoms with Crippen LogP contribution in [0.15, 0.2) is 36.7 Å². The van der Waals surface area contributed by atoms with Crippen LogP contribution in [0.25, 0.3) is 0 Å². The van der Waals surface area contributed by atoms with E-state index in [1.54, 1.807) is 25.4 Å². The number of nitrogens with one attached hydrogen (secondary N) is 1. The Bertz CT molecular complexity index is 625. The number of methoxy groups -OCH3 is 1. The summed E-state index contributed by atoms with van der Waals surface area (Å²) in [6, 6.07) is 7.22. The van der Waals surface area contributed by atoms with Crippen molar-refractivity contribution in [2.75, 3.05) is 7.11 Å². The molecule has 6 nitrogen and oxygen atoms in total. The van der Waals surface area contributed by atoms with Crippen LogP contribution < -0.4 is 14.8 Å². The van der Waals surface area contributed by atoms with E-state index in [9.17, 15) is 4.79 Å². The van der Waals surface area contributed by atoms with Gasteiger partial charge in [0.2, 0.25) is 0 Å². The number of nitrogens with zero attached hydrogens (tertiary/aromatic N) is 2. The number of rotatable bonds is 7. The third kappa shape index (κ3) is 4.00.